The van der Waals surface area contributed by atoms with Crippen LogP contribution in [0.3, 0.4) is 0 Å². The Kier molecular flexibility index (Phi) is 7.10. The van der Waals surface area contributed by atoms with Crippen LogP contribution in [0.1, 0.15) is 61.0 Å². The van der Waals surface area contributed by atoms with E-state index in [0.29, 0.717) is 30.2 Å². The Balaban J connectivity index is 1.36. The third-order valence-corrected chi connectivity index (χ3v) is 9.03. The number of aliphatic hydroxyl groups is 1. The van der Waals surface area contributed by atoms with E-state index in [1.54, 1.807) is 17.6 Å². The van der Waals surface area contributed by atoms with E-state index < -0.39 is 5.60 Å². The topological polar surface area (TPSA) is 110 Å². The highest BCUT2D eigenvalue weighted by Gasteiger charge is 2.38. The third-order valence-electron chi connectivity index (χ3n) is 9.03. The van der Waals surface area contributed by atoms with E-state index in [9.17, 15) is 9.90 Å². The highest BCUT2D eigenvalue weighted by molar-refractivity contribution is 6.01. The molecule has 2 atom stereocenters. The van der Waals surface area contributed by atoms with Gasteiger partial charge in [0.05, 0.1) is 23.5 Å². The summed E-state index contributed by atoms with van der Waals surface area (Å²) in [6.45, 7) is 3.90. The Bertz CT molecular complexity index is 1770. The molecule has 10 heteroatoms. The molecule has 7 rings (SSSR count). The number of fused-ring (bicyclic) bond motifs is 2. The molecule has 1 saturated heterocycles. The Morgan fingerprint density at radius 2 is 1.95 bits per heavy atom. The van der Waals surface area contributed by atoms with Gasteiger partial charge in [0.15, 0.2) is 5.65 Å². The van der Waals surface area contributed by atoms with Crippen LogP contribution in [0.25, 0.3) is 27.9 Å². The molecule has 4 aromatic heterocycles. The number of benzene rings is 1. The fourth-order valence-corrected chi connectivity index (χ4v) is 6.60. The van der Waals surface area contributed by atoms with Gasteiger partial charge < -0.3 is 24.6 Å². The van der Waals surface area contributed by atoms with Crippen molar-refractivity contribution in [3.63, 3.8) is 0 Å². The third kappa shape index (κ3) is 5.14. The van der Waals surface area contributed by atoms with E-state index in [0.717, 1.165) is 72.6 Å². The van der Waals surface area contributed by atoms with Gasteiger partial charge in [-0.25, -0.2) is 9.97 Å². The van der Waals surface area contributed by atoms with Gasteiger partial charge in [0, 0.05) is 62.3 Å². The molecule has 5 aromatic rings. The van der Waals surface area contributed by atoms with Crippen LogP contribution < -0.4 is 10.2 Å². The second-order valence-electron chi connectivity index (χ2n) is 12.1. The number of carbonyl (C=O) groups is 1. The van der Waals surface area contributed by atoms with Crippen molar-refractivity contribution in [3.8, 4) is 11.3 Å². The van der Waals surface area contributed by atoms with Crippen LogP contribution in [0, 0.1) is 0 Å². The van der Waals surface area contributed by atoms with E-state index in [2.05, 4.69) is 44.3 Å². The lowest BCUT2D eigenvalue weighted by Gasteiger charge is -2.26. The summed E-state index contributed by atoms with van der Waals surface area (Å²) in [5, 5.41) is 19.5. The van der Waals surface area contributed by atoms with Crippen LogP contribution >= 0.6 is 0 Å². The second kappa shape index (κ2) is 11.1. The van der Waals surface area contributed by atoms with Gasteiger partial charge in [-0.2, -0.15) is 9.61 Å². The van der Waals surface area contributed by atoms with Crippen molar-refractivity contribution < 1.29 is 14.6 Å². The van der Waals surface area contributed by atoms with Gasteiger partial charge >= 0.3 is 0 Å². The van der Waals surface area contributed by atoms with Crippen LogP contribution in [0.4, 0.5) is 5.82 Å². The average Bonchev–Trinajstić information content (AvgIpc) is 3.72. The number of anilines is 1. The SMILES string of the molecule is CN(Cc1ccccc1)c1cc(-c2cn(C3CCOCC3)c3ncccc23)nc2c(C(=O)N[C@H]3CCC[C@]3(C)O)cnn12. The zero-order valence-corrected chi connectivity index (χ0v) is 24.6. The lowest BCUT2D eigenvalue weighted by molar-refractivity contribution is 0.0368. The first-order chi connectivity index (χ1) is 20.9. The van der Waals surface area contributed by atoms with Gasteiger partial charge in [-0.15, -0.1) is 0 Å². The van der Waals surface area contributed by atoms with Crippen molar-refractivity contribution >= 4 is 28.4 Å². The molecule has 222 valence electrons. The quantitative estimate of drug-likeness (QED) is 0.286. The molecule has 1 saturated carbocycles. The predicted molar refractivity (Wildman–Crippen MR) is 165 cm³/mol. The standard InChI is InChI=1S/C33H37N7O3/c1-33(42)14-6-11-28(33)37-32(41)25-19-35-40-29(38(2)20-22-8-4-3-5-9-22)18-27(36-31(25)40)26-21-39(23-12-16-43-17-13-23)30-24(26)10-7-15-34-30/h3-5,7-10,15,18-19,21,23,28,42H,6,11-14,16-17,20H2,1-2H3,(H,37,41)/t28-,33-/m0/s1. The largest absolute Gasteiger partial charge is 0.388 e. The molecule has 2 fully saturated rings. The Morgan fingerprint density at radius 3 is 2.72 bits per heavy atom. The van der Waals surface area contributed by atoms with E-state index in [4.69, 9.17) is 14.7 Å². The molecule has 43 heavy (non-hydrogen) atoms. The zero-order valence-electron chi connectivity index (χ0n) is 24.6. The van der Waals surface area contributed by atoms with Crippen molar-refractivity contribution in [2.45, 2.75) is 63.3 Å². The minimum atomic E-state index is -0.933. The van der Waals surface area contributed by atoms with Crippen molar-refractivity contribution in [2.24, 2.45) is 0 Å². The smallest absolute Gasteiger partial charge is 0.257 e. The van der Waals surface area contributed by atoms with Gasteiger partial charge in [-0.3, -0.25) is 4.79 Å². The minimum absolute atomic E-state index is 0.283. The molecule has 2 N–H and O–H groups in total. The van der Waals surface area contributed by atoms with Gasteiger partial charge in [-0.1, -0.05) is 30.3 Å². The van der Waals surface area contributed by atoms with E-state index in [1.807, 2.05) is 43.6 Å². The van der Waals surface area contributed by atoms with Gasteiger partial charge in [0.2, 0.25) is 0 Å². The number of ether oxygens (including phenoxy) is 1. The van der Waals surface area contributed by atoms with Crippen molar-refractivity contribution in [1.82, 2.24) is 29.5 Å². The molecule has 0 unspecified atom stereocenters. The summed E-state index contributed by atoms with van der Waals surface area (Å²) >= 11 is 0. The predicted octanol–water partition coefficient (Wildman–Crippen LogP) is 4.77. The zero-order chi connectivity index (χ0) is 29.6. The van der Waals surface area contributed by atoms with Gasteiger partial charge in [0.1, 0.15) is 17.0 Å². The number of hydrogen-bond donors (Lipinski definition) is 2. The minimum Gasteiger partial charge on any atom is -0.388 e. The van der Waals surface area contributed by atoms with Crippen molar-refractivity contribution in [2.75, 3.05) is 25.2 Å². The fraction of sp³-hybridized carbons (Fsp3) is 0.394. The highest BCUT2D eigenvalue weighted by atomic mass is 16.5. The number of pyridine rings is 1. The van der Waals surface area contributed by atoms with E-state index in [-0.39, 0.29) is 11.9 Å². The first-order valence-electron chi connectivity index (χ1n) is 15.1. The second-order valence-corrected chi connectivity index (χ2v) is 12.1. The van der Waals surface area contributed by atoms with Crippen LogP contribution in [-0.2, 0) is 11.3 Å². The molecule has 1 aliphatic carbocycles. The molecule has 0 spiro atoms. The summed E-state index contributed by atoms with van der Waals surface area (Å²) in [5.74, 6) is 0.529. The Hall–Kier alpha value is -4.28. The summed E-state index contributed by atoms with van der Waals surface area (Å²) in [6.07, 6.45) is 9.68. The molecule has 1 aromatic carbocycles. The normalized spacial score (nSPS) is 21.0. The average molecular weight is 580 g/mol. The van der Waals surface area contributed by atoms with Crippen molar-refractivity contribution in [1.29, 1.82) is 0 Å². The van der Waals surface area contributed by atoms with Crippen molar-refractivity contribution in [3.05, 3.63) is 78.2 Å². The van der Waals surface area contributed by atoms with Crippen LogP contribution in [0.2, 0.25) is 0 Å². The van der Waals surface area contributed by atoms with E-state index >= 15 is 0 Å². The van der Waals surface area contributed by atoms with Crippen LogP contribution in [0.5, 0.6) is 0 Å². The molecular weight excluding hydrogens is 542 g/mol. The van der Waals surface area contributed by atoms with Gasteiger partial charge in [-0.05, 0) is 56.7 Å². The Labute approximate surface area is 250 Å². The van der Waals surface area contributed by atoms with E-state index in [1.165, 1.54) is 0 Å². The summed E-state index contributed by atoms with van der Waals surface area (Å²) in [6, 6.07) is 16.3. The first-order valence-corrected chi connectivity index (χ1v) is 15.1. The Morgan fingerprint density at radius 1 is 1.14 bits per heavy atom. The molecule has 2 aliphatic rings. The maximum atomic E-state index is 13.7. The molecule has 0 radical (unpaired) electrons. The highest BCUT2D eigenvalue weighted by Crippen LogP contribution is 2.36. The number of amides is 1. The number of rotatable bonds is 7. The molecule has 0 bridgehead atoms. The number of hydrogen-bond acceptors (Lipinski definition) is 7. The lowest BCUT2D eigenvalue weighted by atomic mass is 10.0. The summed E-state index contributed by atoms with van der Waals surface area (Å²) < 4.78 is 9.64. The summed E-state index contributed by atoms with van der Waals surface area (Å²) in [4.78, 5) is 25.6. The maximum absolute atomic E-state index is 13.7. The molecular formula is C33H37N7O3. The van der Waals surface area contributed by atoms with Crippen LogP contribution in [0.15, 0.2) is 67.1 Å². The number of aromatic nitrogens is 5. The molecule has 5 heterocycles. The molecule has 1 aliphatic heterocycles. The molecule has 10 nitrogen and oxygen atoms in total. The fourth-order valence-electron chi connectivity index (χ4n) is 6.60. The number of nitrogens with zero attached hydrogens (tertiary/aromatic N) is 6. The monoisotopic (exact) mass is 579 g/mol. The molecule has 1 amide bonds. The number of nitrogens with one attached hydrogen (secondary N) is 1. The van der Waals surface area contributed by atoms with Crippen LogP contribution in [-0.4, -0.2) is 67.1 Å². The van der Waals surface area contributed by atoms with Gasteiger partial charge in [0.25, 0.3) is 5.91 Å². The lowest BCUT2D eigenvalue weighted by Crippen LogP contribution is -2.47. The summed E-state index contributed by atoms with van der Waals surface area (Å²) in [7, 11) is 2.02. The number of carbonyl (C=O) groups excluding carboxylic acids is 1. The summed E-state index contributed by atoms with van der Waals surface area (Å²) in [5.41, 5.74) is 3.69. The maximum Gasteiger partial charge on any atom is 0.257 e. The first kappa shape index (κ1) is 27.5.